The predicted octanol–water partition coefficient (Wildman–Crippen LogP) is 3.29. The molecule has 1 heterocycles. The summed E-state index contributed by atoms with van der Waals surface area (Å²) in [6.45, 7) is 9.78. The van der Waals surface area contributed by atoms with Gasteiger partial charge in [-0.1, -0.05) is 26.2 Å². The number of aryl methyl sites for hydroxylation is 1. The SMILES string of the molecule is CCNC1CCCCCC1n1nc(C)c(C)c1C. The highest BCUT2D eigenvalue weighted by Crippen LogP contribution is 2.29. The van der Waals surface area contributed by atoms with Crippen LogP contribution in [0.1, 0.15) is 62.0 Å². The van der Waals surface area contributed by atoms with Gasteiger partial charge in [0.15, 0.2) is 0 Å². The van der Waals surface area contributed by atoms with Crippen molar-refractivity contribution in [3.63, 3.8) is 0 Å². The smallest absolute Gasteiger partial charge is 0.0675 e. The zero-order valence-electron chi connectivity index (χ0n) is 12.3. The molecule has 1 aromatic heterocycles. The van der Waals surface area contributed by atoms with Gasteiger partial charge in [0.1, 0.15) is 0 Å². The van der Waals surface area contributed by atoms with Crippen LogP contribution >= 0.6 is 0 Å². The van der Waals surface area contributed by atoms with Crippen molar-refractivity contribution < 1.29 is 0 Å². The van der Waals surface area contributed by atoms with E-state index in [4.69, 9.17) is 5.10 Å². The molecule has 3 heteroatoms. The van der Waals surface area contributed by atoms with Gasteiger partial charge in [-0.05, 0) is 45.7 Å². The Morgan fingerprint density at radius 2 is 1.89 bits per heavy atom. The van der Waals surface area contributed by atoms with Crippen molar-refractivity contribution in [2.45, 2.75) is 71.9 Å². The van der Waals surface area contributed by atoms with E-state index in [1.165, 1.54) is 49.1 Å². The van der Waals surface area contributed by atoms with Crippen molar-refractivity contribution in [2.24, 2.45) is 0 Å². The van der Waals surface area contributed by atoms with Gasteiger partial charge in [-0.25, -0.2) is 0 Å². The van der Waals surface area contributed by atoms with Gasteiger partial charge in [0.25, 0.3) is 0 Å². The summed E-state index contributed by atoms with van der Waals surface area (Å²) in [6, 6.07) is 1.13. The molecule has 0 saturated heterocycles. The minimum absolute atomic E-state index is 0.542. The molecule has 0 bridgehead atoms. The highest BCUT2D eigenvalue weighted by Gasteiger charge is 2.26. The van der Waals surface area contributed by atoms with E-state index in [-0.39, 0.29) is 0 Å². The first-order valence-electron chi connectivity index (χ1n) is 7.40. The second kappa shape index (κ2) is 5.87. The number of hydrogen-bond donors (Lipinski definition) is 1. The summed E-state index contributed by atoms with van der Waals surface area (Å²) in [5.74, 6) is 0. The molecule has 2 atom stereocenters. The lowest BCUT2D eigenvalue weighted by atomic mass is 10.0. The van der Waals surface area contributed by atoms with Gasteiger partial charge in [0.05, 0.1) is 11.7 Å². The Labute approximate surface area is 111 Å². The molecule has 0 spiro atoms. The van der Waals surface area contributed by atoms with Crippen molar-refractivity contribution in [2.75, 3.05) is 6.54 Å². The Kier molecular flexibility index (Phi) is 4.44. The highest BCUT2D eigenvalue weighted by molar-refractivity contribution is 5.23. The van der Waals surface area contributed by atoms with Crippen LogP contribution in [0.3, 0.4) is 0 Å². The number of rotatable bonds is 3. The van der Waals surface area contributed by atoms with Crippen molar-refractivity contribution in [1.29, 1.82) is 0 Å². The maximum absolute atomic E-state index is 4.78. The average molecular weight is 249 g/mol. The summed E-state index contributed by atoms with van der Waals surface area (Å²) in [5.41, 5.74) is 3.89. The minimum Gasteiger partial charge on any atom is -0.312 e. The largest absolute Gasteiger partial charge is 0.312 e. The predicted molar refractivity (Wildman–Crippen MR) is 76.0 cm³/mol. The fourth-order valence-corrected chi connectivity index (χ4v) is 3.15. The summed E-state index contributed by atoms with van der Waals surface area (Å²) in [5, 5.41) is 8.45. The Hall–Kier alpha value is -0.830. The third-order valence-corrected chi connectivity index (χ3v) is 4.45. The number of likely N-dealkylation sites (N-methyl/N-ethyl adjacent to an activating group) is 1. The van der Waals surface area contributed by atoms with E-state index in [1.807, 2.05) is 0 Å². The summed E-state index contributed by atoms with van der Waals surface area (Å²) >= 11 is 0. The molecule has 0 aromatic carbocycles. The fraction of sp³-hybridized carbons (Fsp3) is 0.800. The fourth-order valence-electron chi connectivity index (χ4n) is 3.15. The second-order valence-corrected chi connectivity index (χ2v) is 5.61. The Morgan fingerprint density at radius 3 is 2.50 bits per heavy atom. The monoisotopic (exact) mass is 249 g/mol. The second-order valence-electron chi connectivity index (χ2n) is 5.61. The molecular formula is C15H27N3. The van der Waals surface area contributed by atoms with Crippen molar-refractivity contribution in [1.82, 2.24) is 15.1 Å². The van der Waals surface area contributed by atoms with Gasteiger partial charge < -0.3 is 5.32 Å². The van der Waals surface area contributed by atoms with Crippen molar-refractivity contribution in [3.05, 3.63) is 17.0 Å². The molecule has 1 aliphatic rings. The van der Waals surface area contributed by atoms with E-state index >= 15 is 0 Å². The molecule has 102 valence electrons. The molecule has 0 amide bonds. The summed E-state index contributed by atoms with van der Waals surface area (Å²) < 4.78 is 2.29. The molecule has 1 saturated carbocycles. The van der Waals surface area contributed by atoms with E-state index in [0.29, 0.717) is 12.1 Å². The number of hydrogen-bond acceptors (Lipinski definition) is 2. The molecule has 2 rings (SSSR count). The van der Waals surface area contributed by atoms with Gasteiger partial charge in [-0.15, -0.1) is 0 Å². The quantitative estimate of drug-likeness (QED) is 0.833. The van der Waals surface area contributed by atoms with Gasteiger partial charge >= 0.3 is 0 Å². The molecule has 0 radical (unpaired) electrons. The lowest BCUT2D eigenvalue weighted by Gasteiger charge is -2.27. The van der Waals surface area contributed by atoms with Gasteiger partial charge in [0.2, 0.25) is 0 Å². The summed E-state index contributed by atoms with van der Waals surface area (Å²) in [6.07, 6.45) is 6.61. The van der Waals surface area contributed by atoms with Crippen LogP contribution in [0, 0.1) is 20.8 Å². The van der Waals surface area contributed by atoms with Crippen LogP contribution in [0.15, 0.2) is 0 Å². The number of aromatic nitrogens is 2. The Bertz CT molecular complexity index is 395. The van der Waals surface area contributed by atoms with E-state index in [2.05, 4.69) is 37.7 Å². The van der Waals surface area contributed by atoms with Gasteiger partial charge in [-0.2, -0.15) is 5.10 Å². The van der Waals surface area contributed by atoms with Crippen LogP contribution in [0.2, 0.25) is 0 Å². The Morgan fingerprint density at radius 1 is 1.17 bits per heavy atom. The lowest BCUT2D eigenvalue weighted by molar-refractivity contribution is 0.308. The van der Waals surface area contributed by atoms with E-state index in [0.717, 1.165) is 6.54 Å². The van der Waals surface area contributed by atoms with Crippen LogP contribution in [-0.2, 0) is 0 Å². The third kappa shape index (κ3) is 2.61. The first kappa shape index (κ1) is 13.6. The van der Waals surface area contributed by atoms with Crippen molar-refractivity contribution >= 4 is 0 Å². The van der Waals surface area contributed by atoms with E-state index in [1.54, 1.807) is 0 Å². The van der Waals surface area contributed by atoms with Crippen LogP contribution < -0.4 is 5.32 Å². The molecule has 1 fully saturated rings. The van der Waals surface area contributed by atoms with Crippen LogP contribution in [-0.4, -0.2) is 22.4 Å². The van der Waals surface area contributed by atoms with Crippen LogP contribution in [0.25, 0.3) is 0 Å². The maximum atomic E-state index is 4.78. The maximum Gasteiger partial charge on any atom is 0.0675 e. The minimum atomic E-state index is 0.542. The zero-order chi connectivity index (χ0) is 13.1. The molecule has 1 aromatic rings. The van der Waals surface area contributed by atoms with Crippen LogP contribution in [0.5, 0.6) is 0 Å². The molecule has 1 N–H and O–H groups in total. The summed E-state index contributed by atoms with van der Waals surface area (Å²) in [4.78, 5) is 0. The number of nitrogens with zero attached hydrogens (tertiary/aromatic N) is 2. The Balaban J connectivity index is 2.28. The van der Waals surface area contributed by atoms with E-state index in [9.17, 15) is 0 Å². The first-order chi connectivity index (χ1) is 8.65. The highest BCUT2D eigenvalue weighted by atomic mass is 15.3. The number of nitrogens with one attached hydrogen (secondary N) is 1. The molecular weight excluding hydrogens is 222 g/mol. The van der Waals surface area contributed by atoms with Crippen LogP contribution in [0.4, 0.5) is 0 Å². The topological polar surface area (TPSA) is 29.9 Å². The first-order valence-corrected chi connectivity index (χ1v) is 7.40. The third-order valence-electron chi connectivity index (χ3n) is 4.45. The molecule has 1 aliphatic carbocycles. The van der Waals surface area contributed by atoms with Gasteiger partial charge in [0, 0.05) is 11.7 Å². The molecule has 0 aliphatic heterocycles. The average Bonchev–Trinajstić information content (AvgIpc) is 2.58. The molecule has 2 unspecified atom stereocenters. The summed E-state index contributed by atoms with van der Waals surface area (Å²) in [7, 11) is 0. The van der Waals surface area contributed by atoms with Crippen molar-refractivity contribution in [3.8, 4) is 0 Å². The van der Waals surface area contributed by atoms with Gasteiger partial charge in [-0.3, -0.25) is 4.68 Å². The molecule has 3 nitrogen and oxygen atoms in total. The zero-order valence-corrected chi connectivity index (χ0v) is 12.3. The normalized spacial score (nSPS) is 25.1. The lowest BCUT2D eigenvalue weighted by Crippen LogP contribution is -2.37. The standard InChI is InChI=1S/C15H27N3/c1-5-16-14-9-7-6-8-10-15(14)18-13(4)11(2)12(3)17-18/h14-16H,5-10H2,1-4H3. The molecule has 18 heavy (non-hydrogen) atoms. The van der Waals surface area contributed by atoms with E-state index < -0.39 is 0 Å².